The third kappa shape index (κ3) is 1.59. The minimum atomic E-state index is 0.652. The van der Waals surface area contributed by atoms with E-state index in [9.17, 15) is 0 Å². The number of halogens is 1. The predicted molar refractivity (Wildman–Crippen MR) is 66.0 cm³/mol. The van der Waals surface area contributed by atoms with Crippen LogP contribution in [0.1, 0.15) is 13.3 Å². The summed E-state index contributed by atoms with van der Waals surface area (Å²) in [5, 5.41) is 0.711. The van der Waals surface area contributed by atoms with Crippen LogP contribution in [0.15, 0.2) is 18.3 Å². The molecule has 0 amide bonds. The second-order valence-corrected chi connectivity index (χ2v) is 5.05. The summed E-state index contributed by atoms with van der Waals surface area (Å²) >= 11 is 5.85. The number of aromatic nitrogens is 1. The molecule has 0 unspecified atom stereocenters. The van der Waals surface area contributed by atoms with E-state index in [-0.39, 0.29) is 0 Å². The maximum Gasteiger partial charge on any atom is 0.128 e. The number of rotatable bonds is 2. The molecule has 0 spiro atoms. The molecule has 2 atom stereocenters. The Hall–Kier alpha value is -0.800. The predicted octanol–water partition coefficient (Wildman–Crippen LogP) is 2.02. The fraction of sp³-hybridized carbons (Fsp3) is 0.583. The van der Waals surface area contributed by atoms with Gasteiger partial charge in [0.05, 0.1) is 5.02 Å². The van der Waals surface area contributed by atoms with Crippen molar-refractivity contribution in [3.05, 3.63) is 23.4 Å². The van der Waals surface area contributed by atoms with Gasteiger partial charge >= 0.3 is 0 Å². The normalized spacial score (nSPS) is 29.0. The van der Waals surface area contributed by atoms with Crippen molar-refractivity contribution in [2.45, 2.75) is 25.4 Å². The Bertz CT molecular complexity index is 378. The van der Waals surface area contributed by atoms with Crippen LogP contribution in [0.4, 0.5) is 5.82 Å². The van der Waals surface area contributed by atoms with Crippen molar-refractivity contribution in [3.8, 4) is 0 Å². The minimum Gasteiger partial charge on any atom is -0.351 e. The molecule has 2 fully saturated rings. The Balaban J connectivity index is 1.77. The molecule has 4 heteroatoms. The number of hydrogen-bond acceptors (Lipinski definition) is 3. The number of hydrogen-bond donors (Lipinski definition) is 0. The third-order valence-corrected chi connectivity index (χ3v) is 3.99. The first kappa shape index (κ1) is 10.4. The quantitative estimate of drug-likeness (QED) is 0.785. The van der Waals surface area contributed by atoms with E-state index in [0.717, 1.165) is 18.4 Å². The first-order chi connectivity index (χ1) is 7.78. The van der Waals surface area contributed by atoms with Crippen molar-refractivity contribution in [1.82, 2.24) is 9.88 Å². The van der Waals surface area contributed by atoms with Gasteiger partial charge in [0.2, 0.25) is 0 Å². The second kappa shape index (κ2) is 3.90. The van der Waals surface area contributed by atoms with Gasteiger partial charge in [-0.2, -0.15) is 0 Å². The zero-order valence-electron chi connectivity index (χ0n) is 9.43. The van der Waals surface area contributed by atoms with Crippen molar-refractivity contribution in [2.75, 3.05) is 24.5 Å². The molecule has 16 heavy (non-hydrogen) atoms. The number of fused-ring (bicyclic) bond motifs is 2. The van der Waals surface area contributed by atoms with Gasteiger partial charge in [0.25, 0.3) is 0 Å². The van der Waals surface area contributed by atoms with Crippen LogP contribution < -0.4 is 4.90 Å². The van der Waals surface area contributed by atoms with Crippen LogP contribution in [0.2, 0.25) is 5.02 Å². The van der Waals surface area contributed by atoms with E-state index in [2.05, 4.69) is 21.7 Å². The van der Waals surface area contributed by atoms with Gasteiger partial charge in [-0.3, -0.25) is 4.90 Å². The molecule has 1 aromatic heterocycles. The van der Waals surface area contributed by atoms with Crippen molar-refractivity contribution in [2.24, 2.45) is 0 Å². The van der Waals surface area contributed by atoms with Crippen molar-refractivity contribution < 1.29 is 0 Å². The molecule has 1 aromatic rings. The summed E-state index contributed by atoms with van der Waals surface area (Å²) in [4.78, 5) is 9.40. The first-order valence-corrected chi connectivity index (χ1v) is 6.28. The fourth-order valence-electron chi connectivity index (χ4n) is 2.96. The molecule has 2 saturated heterocycles. The summed E-state index contributed by atoms with van der Waals surface area (Å²) in [5.41, 5.74) is 0. The number of pyridine rings is 1. The molecule has 2 aliphatic rings. The highest BCUT2D eigenvalue weighted by Gasteiger charge is 2.42. The van der Waals surface area contributed by atoms with Gasteiger partial charge in [-0.25, -0.2) is 4.98 Å². The van der Waals surface area contributed by atoms with Crippen molar-refractivity contribution >= 4 is 17.4 Å². The van der Waals surface area contributed by atoms with Gasteiger partial charge in [0.15, 0.2) is 0 Å². The molecular weight excluding hydrogens is 222 g/mol. The van der Waals surface area contributed by atoms with Crippen LogP contribution in [0, 0.1) is 0 Å². The van der Waals surface area contributed by atoms with E-state index in [1.54, 1.807) is 6.20 Å². The summed E-state index contributed by atoms with van der Waals surface area (Å²) < 4.78 is 0. The number of nitrogens with zero attached hydrogens (tertiary/aromatic N) is 3. The molecule has 0 saturated carbocycles. The van der Waals surface area contributed by atoms with Crippen molar-refractivity contribution in [3.63, 3.8) is 0 Å². The van der Waals surface area contributed by atoms with E-state index < -0.39 is 0 Å². The van der Waals surface area contributed by atoms with Gasteiger partial charge in [-0.05, 0) is 25.1 Å². The van der Waals surface area contributed by atoms with Gasteiger partial charge in [-0.1, -0.05) is 18.5 Å². The summed E-state index contributed by atoms with van der Waals surface area (Å²) in [5.74, 6) is 1.08. The lowest BCUT2D eigenvalue weighted by Crippen LogP contribution is -2.46. The number of likely N-dealkylation sites (tertiary alicyclic amines) is 1. The number of anilines is 1. The van der Waals surface area contributed by atoms with Crippen LogP contribution >= 0.6 is 11.6 Å². The van der Waals surface area contributed by atoms with Gasteiger partial charge < -0.3 is 4.90 Å². The zero-order chi connectivity index (χ0) is 11.1. The van der Waals surface area contributed by atoms with Gasteiger partial charge in [0.1, 0.15) is 5.82 Å². The van der Waals surface area contributed by atoms with Crippen LogP contribution in [0.25, 0.3) is 0 Å². The minimum absolute atomic E-state index is 0.652. The fourth-order valence-corrected chi connectivity index (χ4v) is 3.07. The maximum absolute atomic E-state index is 5.85. The smallest absolute Gasteiger partial charge is 0.128 e. The zero-order valence-corrected chi connectivity index (χ0v) is 10.2. The number of piperazine rings is 1. The summed E-state index contributed by atoms with van der Waals surface area (Å²) in [7, 11) is 0. The lowest BCUT2D eigenvalue weighted by atomic mass is 10.2. The summed E-state index contributed by atoms with van der Waals surface area (Å²) in [6.07, 6.45) is 3.03. The highest BCUT2D eigenvalue weighted by Crippen LogP contribution is 2.33. The largest absolute Gasteiger partial charge is 0.351 e. The molecular formula is C12H16ClN3. The monoisotopic (exact) mass is 237 g/mol. The molecule has 3 nitrogen and oxygen atoms in total. The van der Waals surface area contributed by atoms with E-state index in [1.165, 1.54) is 19.5 Å². The molecule has 3 rings (SSSR count). The Labute approximate surface area is 101 Å². The third-order valence-electron chi connectivity index (χ3n) is 3.77. The van der Waals surface area contributed by atoms with Gasteiger partial charge in [0, 0.05) is 31.4 Å². The lowest BCUT2D eigenvalue weighted by molar-refractivity contribution is 0.251. The Kier molecular flexibility index (Phi) is 2.52. The van der Waals surface area contributed by atoms with Crippen LogP contribution in [0.3, 0.4) is 0 Å². The molecule has 86 valence electrons. The Morgan fingerprint density at radius 1 is 1.38 bits per heavy atom. The lowest BCUT2D eigenvalue weighted by Gasteiger charge is -2.34. The SMILES string of the molecule is CCN1C[C@H]2C[C@@H]1CN2c1ccc(Cl)cn1. The standard InChI is InChI=1S/C12H16ClN3/c1-2-15-7-11-5-10(15)8-16(11)12-4-3-9(13)6-14-12/h3-4,6,10-11H,2,5,7-8H2,1H3/t10-,11-/m1/s1. The summed E-state index contributed by atoms with van der Waals surface area (Å²) in [6.45, 7) is 5.72. The molecule has 0 N–H and O–H groups in total. The molecule has 0 aromatic carbocycles. The summed E-state index contributed by atoms with van der Waals surface area (Å²) in [6, 6.07) is 5.33. The highest BCUT2D eigenvalue weighted by molar-refractivity contribution is 6.30. The topological polar surface area (TPSA) is 19.4 Å². The Morgan fingerprint density at radius 3 is 2.81 bits per heavy atom. The van der Waals surface area contributed by atoms with E-state index >= 15 is 0 Å². The van der Waals surface area contributed by atoms with E-state index in [4.69, 9.17) is 11.6 Å². The highest BCUT2D eigenvalue weighted by atomic mass is 35.5. The average molecular weight is 238 g/mol. The van der Waals surface area contributed by atoms with Crippen LogP contribution in [-0.2, 0) is 0 Å². The van der Waals surface area contributed by atoms with Gasteiger partial charge in [-0.15, -0.1) is 0 Å². The molecule has 0 radical (unpaired) electrons. The van der Waals surface area contributed by atoms with Crippen LogP contribution in [-0.4, -0.2) is 41.6 Å². The van der Waals surface area contributed by atoms with E-state index in [0.29, 0.717) is 11.1 Å². The van der Waals surface area contributed by atoms with Crippen LogP contribution in [0.5, 0.6) is 0 Å². The molecule has 0 aliphatic carbocycles. The first-order valence-electron chi connectivity index (χ1n) is 5.90. The number of likely N-dealkylation sites (N-methyl/N-ethyl adjacent to an activating group) is 1. The maximum atomic E-state index is 5.85. The molecule has 2 bridgehead atoms. The van der Waals surface area contributed by atoms with E-state index in [1.807, 2.05) is 12.1 Å². The second-order valence-electron chi connectivity index (χ2n) is 4.62. The van der Waals surface area contributed by atoms with Crippen molar-refractivity contribution in [1.29, 1.82) is 0 Å². The molecule has 2 aliphatic heterocycles. The average Bonchev–Trinajstić information content (AvgIpc) is 2.88. The Morgan fingerprint density at radius 2 is 2.25 bits per heavy atom. The molecule has 3 heterocycles.